The van der Waals surface area contributed by atoms with Crippen LogP contribution in [-0.4, -0.2) is 113 Å². The van der Waals surface area contributed by atoms with E-state index < -0.39 is 63.9 Å². The van der Waals surface area contributed by atoms with Crippen molar-refractivity contribution in [2.45, 2.75) is 92.7 Å². The molecule has 6 fully saturated rings. The number of hydrogen-bond acceptors (Lipinski definition) is 10. The minimum atomic E-state index is -1.93. The SMILES string of the molecule is CCN1C[C@@]2(OC(=O)c3ccccc3NC(C)=O)CC[C@H](OC)[C@@]34[C@H]5C[C@@H]6[C@@H](OC)C[C@](O)([C@]5(O)[C@H]6OC)[C@@](O)(C[C@@H]23)[C@@H]14. The molecule has 1 amide bonds. The molecule has 11 nitrogen and oxygen atoms in total. The van der Waals surface area contributed by atoms with Gasteiger partial charge < -0.3 is 39.6 Å². The highest BCUT2D eigenvalue weighted by Crippen LogP contribution is 2.80. The highest BCUT2D eigenvalue weighted by Gasteiger charge is 2.93. The van der Waals surface area contributed by atoms with E-state index in [1.807, 2.05) is 6.92 Å². The molecule has 1 aromatic rings. The Kier molecular flexibility index (Phi) is 6.50. The summed E-state index contributed by atoms with van der Waals surface area (Å²) in [5.74, 6) is -1.97. The number of piperidine rings is 1. The third kappa shape index (κ3) is 3.24. The summed E-state index contributed by atoms with van der Waals surface area (Å²) in [6.45, 7) is 4.30. The number of anilines is 1. The highest BCUT2D eigenvalue weighted by molar-refractivity contribution is 6.00. The first-order valence-electron chi connectivity index (χ1n) is 15.5. The second kappa shape index (κ2) is 9.45. The molecule has 6 aliphatic rings. The molecule has 7 bridgehead atoms. The number of methoxy groups -OCH3 is 3. The predicted molar refractivity (Wildman–Crippen MR) is 153 cm³/mol. The third-order valence-corrected chi connectivity index (χ3v) is 12.7. The van der Waals surface area contributed by atoms with Crippen molar-refractivity contribution in [3.05, 3.63) is 29.8 Å². The van der Waals surface area contributed by atoms with Crippen LogP contribution in [0.4, 0.5) is 5.69 Å². The van der Waals surface area contributed by atoms with Gasteiger partial charge in [0.2, 0.25) is 5.91 Å². The molecule has 1 saturated heterocycles. The van der Waals surface area contributed by atoms with E-state index in [0.29, 0.717) is 38.0 Å². The largest absolute Gasteiger partial charge is 0.454 e. The van der Waals surface area contributed by atoms with Crippen LogP contribution < -0.4 is 5.32 Å². The maximum absolute atomic E-state index is 14.0. The van der Waals surface area contributed by atoms with Crippen molar-refractivity contribution in [2.24, 2.45) is 23.2 Å². The summed E-state index contributed by atoms with van der Waals surface area (Å²) >= 11 is 0. The summed E-state index contributed by atoms with van der Waals surface area (Å²) in [5.41, 5.74) is -6.72. The van der Waals surface area contributed by atoms with E-state index in [1.165, 1.54) is 6.92 Å². The monoisotopic (exact) mass is 600 g/mol. The first-order chi connectivity index (χ1) is 20.4. The summed E-state index contributed by atoms with van der Waals surface area (Å²) in [7, 11) is 4.82. The van der Waals surface area contributed by atoms with E-state index in [1.54, 1.807) is 45.6 Å². The van der Waals surface area contributed by atoms with Gasteiger partial charge in [-0.3, -0.25) is 9.69 Å². The van der Waals surface area contributed by atoms with Crippen molar-refractivity contribution in [1.82, 2.24) is 4.90 Å². The summed E-state index contributed by atoms with van der Waals surface area (Å²) in [4.78, 5) is 28.1. The number of rotatable bonds is 7. The van der Waals surface area contributed by atoms with Gasteiger partial charge in [-0.25, -0.2) is 4.79 Å². The molecule has 0 unspecified atom stereocenters. The van der Waals surface area contributed by atoms with Crippen LogP contribution in [0.5, 0.6) is 0 Å². The number of likely N-dealkylation sites (tertiary alicyclic amines) is 1. The van der Waals surface area contributed by atoms with E-state index in [9.17, 15) is 24.9 Å². The van der Waals surface area contributed by atoms with Crippen molar-refractivity contribution in [1.29, 1.82) is 0 Å². The van der Waals surface area contributed by atoms with Gasteiger partial charge in [-0.15, -0.1) is 0 Å². The molecule has 12 atom stereocenters. The molecule has 7 rings (SSSR count). The van der Waals surface area contributed by atoms with Gasteiger partial charge in [0.05, 0.1) is 35.6 Å². The zero-order chi connectivity index (χ0) is 30.7. The van der Waals surface area contributed by atoms with E-state index in [0.717, 1.165) is 0 Å². The lowest BCUT2D eigenvalue weighted by Gasteiger charge is -2.71. The highest BCUT2D eigenvalue weighted by atomic mass is 16.6. The van der Waals surface area contributed by atoms with Gasteiger partial charge in [-0.1, -0.05) is 19.1 Å². The van der Waals surface area contributed by atoms with Gasteiger partial charge in [0.25, 0.3) is 0 Å². The fourth-order valence-electron chi connectivity index (χ4n) is 11.6. The van der Waals surface area contributed by atoms with Gasteiger partial charge in [0.15, 0.2) is 0 Å². The topological polar surface area (TPSA) is 147 Å². The second-order valence-corrected chi connectivity index (χ2v) is 13.9. The standard InChI is InChI=1S/C32H44N2O9/c1-6-34-16-28(43-26(36)18-9-7-8-10-20(18)33-17(2)35)12-11-24(41-4)31-22-13-19-21(40-3)14-30(38,32(22,39)25(19)42-5)29(37,27(31)34)15-23(28)31/h7-10,19,21-25,27,37-39H,6,11-16H2,1-5H3,(H,33,35)/t19-,21+,22-,23+,24+,25+,27-,28+,29-,30-,31-,32-/m1/s1. The number of likely N-dealkylation sites (N-methyl/N-ethyl adjacent to an activating group) is 1. The number of nitrogens with one attached hydrogen (secondary N) is 1. The van der Waals surface area contributed by atoms with Crippen molar-refractivity contribution in [3.8, 4) is 0 Å². The van der Waals surface area contributed by atoms with Gasteiger partial charge in [0.1, 0.15) is 22.4 Å². The Labute approximate surface area is 251 Å². The summed E-state index contributed by atoms with van der Waals surface area (Å²) < 4.78 is 24.8. The number of aliphatic hydroxyl groups is 3. The van der Waals surface area contributed by atoms with Crippen LogP contribution in [0.3, 0.4) is 0 Å². The minimum absolute atomic E-state index is 0.0723. The quantitative estimate of drug-likeness (QED) is 0.338. The first kappa shape index (κ1) is 29.6. The number of carbonyl (C=O) groups excluding carboxylic acids is 2. The Morgan fingerprint density at radius 2 is 1.79 bits per heavy atom. The molecular formula is C32H44N2O9. The summed E-state index contributed by atoms with van der Waals surface area (Å²) in [5, 5.41) is 41.5. The van der Waals surface area contributed by atoms with Gasteiger partial charge in [-0.2, -0.15) is 0 Å². The molecule has 1 spiro atoms. The molecule has 4 N–H and O–H groups in total. The van der Waals surface area contributed by atoms with E-state index >= 15 is 0 Å². The summed E-state index contributed by atoms with van der Waals surface area (Å²) in [6.07, 6.45) is 0.245. The number of nitrogens with zero attached hydrogens (tertiary/aromatic N) is 1. The number of amides is 1. The molecule has 236 valence electrons. The number of ether oxygens (including phenoxy) is 4. The normalized spacial score (nSPS) is 49.1. The van der Waals surface area contributed by atoms with Gasteiger partial charge in [-0.05, 0) is 44.4 Å². The molecule has 5 aliphatic carbocycles. The summed E-state index contributed by atoms with van der Waals surface area (Å²) in [6, 6.07) is 6.23. The fourth-order valence-corrected chi connectivity index (χ4v) is 11.6. The first-order valence-corrected chi connectivity index (χ1v) is 15.5. The Bertz CT molecular complexity index is 1340. The zero-order valence-electron chi connectivity index (χ0n) is 25.5. The van der Waals surface area contributed by atoms with Crippen LogP contribution in [0.25, 0.3) is 0 Å². The number of benzene rings is 1. The van der Waals surface area contributed by atoms with Crippen LogP contribution in [0.15, 0.2) is 24.3 Å². The van der Waals surface area contributed by atoms with Crippen molar-refractivity contribution >= 4 is 17.6 Å². The molecule has 1 heterocycles. The molecular weight excluding hydrogens is 556 g/mol. The molecule has 43 heavy (non-hydrogen) atoms. The Balaban J connectivity index is 1.41. The Morgan fingerprint density at radius 3 is 2.44 bits per heavy atom. The predicted octanol–water partition coefficient (Wildman–Crippen LogP) is 1.34. The minimum Gasteiger partial charge on any atom is -0.454 e. The van der Waals surface area contributed by atoms with Crippen LogP contribution in [0.2, 0.25) is 0 Å². The van der Waals surface area contributed by atoms with E-state index in [4.69, 9.17) is 18.9 Å². The molecule has 5 saturated carbocycles. The van der Waals surface area contributed by atoms with Crippen molar-refractivity contribution in [2.75, 3.05) is 39.7 Å². The maximum atomic E-state index is 14.0. The number of hydrogen-bond donors (Lipinski definition) is 4. The van der Waals surface area contributed by atoms with Crippen molar-refractivity contribution < 1.29 is 43.9 Å². The zero-order valence-corrected chi connectivity index (χ0v) is 25.5. The lowest BCUT2D eigenvalue weighted by molar-refractivity contribution is -0.369. The van der Waals surface area contributed by atoms with Crippen LogP contribution in [0, 0.1) is 23.2 Å². The maximum Gasteiger partial charge on any atom is 0.340 e. The average molecular weight is 601 g/mol. The average Bonchev–Trinajstić information content (AvgIpc) is 3.36. The fraction of sp³-hybridized carbons (Fsp3) is 0.750. The van der Waals surface area contributed by atoms with E-state index in [-0.39, 0.29) is 36.3 Å². The smallest absolute Gasteiger partial charge is 0.340 e. The van der Waals surface area contributed by atoms with Crippen LogP contribution >= 0.6 is 0 Å². The number of para-hydroxylation sites is 1. The second-order valence-electron chi connectivity index (χ2n) is 13.9. The number of esters is 1. The lowest BCUT2D eigenvalue weighted by atomic mass is 9.43. The lowest BCUT2D eigenvalue weighted by Crippen LogP contribution is -2.87. The molecule has 0 aromatic heterocycles. The molecule has 11 heteroatoms. The van der Waals surface area contributed by atoms with Crippen LogP contribution in [-0.2, 0) is 23.7 Å². The van der Waals surface area contributed by atoms with Crippen molar-refractivity contribution in [3.63, 3.8) is 0 Å². The Morgan fingerprint density at radius 1 is 1.05 bits per heavy atom. The van der Waals surface area contributed by atoms with Crippen LogP contribution in [0.1, 0.15) is 56.3 Å². The third-order valence-electron chi connectivity index (χ3n) is 12.7. The molecule has 1 aromatic carbocycles. The molecule has 0 radical (unpaired) electrons. The van der Waals surface area contributed by atoms with Gasteiger partial charge in [0, 0.05) is 64.4 Å². The molecule has 1 aliphatic heterocycles. The number of carbonyl (C=O) groups is 2. The Hall–Kier alpha value is -2.12. The van der Waals surface area contributed by atoms with Gasteiger partial charge >= 0.3 is 5.97 Å². The van der Waals surface area contributed by atoms with E-state index in [2.05, 4.69) is 10.2 Å². The number of fused-ring (bicyclic) bond motifs is 2.